The first kappa shape index (κ1) is 18.7. The van der Waals surface area contributed by atoms with E-state index in [1.54, 1.807) is 24.3 Å². The van der Waals surface area contributed by atoms with E-state index in [4.69, 9.17) is 4.74 Å². The van der Waals surface area contributed by atoms with Gasteiger partial charge in [0, 0.05) is 17.9 Å². The summed E-state index contributed by atoms with van der Waals surface area (Å²) >= 11 is 0. The van der Waals surface area contributed by atoms with E-state index in [2.05, 4.69) is 10.6 Å². The minimum absolute atomic E-state index is 0.190. The molecular formula is C18H22FN3O3. The summed E-state index contributed by atoms with van der Waals surface area (Å²) < 4.78 is 18.3. The summed E-state index contributed by atoms with van der Waals surface area (Å²) in [6.07, 6.45) is -0.575. The highest BCUT2D eigenvalue weighted by Gasteiger charge is 2.07. The summed E-state index contributed by atoms with van der Waals surface area (Å²) in [5, 5.41) is 15.0. The second kappa shape index (κ2) is 9.00. The first-order valence-electron chi connectivity index (χ1n) is 7.81. The Morgan fingerprint density at radius 1 is 1.08 bits per heavy atom. The number of benzene rings is 2. The molecule has 0 aliphatic carbocycles. The van der Waals surface area contributed by atoms with Crippen LogP contribution in [-0.2, 0) is 0 Å². The van der Waals surface area contributed by atoms with E-state index in [1.807, 2.05) is 19.0 Å². The molecule has 0 heterocycles. The van der Waals surface area contributed by atoms with Crippen molar-refractivity contribution in [2.75, 3.05) is 37.9 Å². The van der Waals surface area contributed by atoms with Crippen molar-refractivity contribution in [1.29, 1.82) is 0 Å². The van der Waals surface area contributed by atoms with Crippen molar-refractivity contribution in [1.82, 2.24) is 4.90 Å². The number of nitrogens with zero attached hydrogens (tertiary/aromatic N) is 1. The minimum atomic E-state index is -0.575. The Kier molecular flexibility index (Phi) is 6.73. The monoisotopic (exact) mass is 347 g/mol. The molecule has 2 rings (SSSR count). The quantitative estimate of drug-likeness (QED) is 0.720. The standard InChI is InChI=1S/C18H22FN3O3/c1-22(2)11-16(23)12-25-17-9-7-15(8-10-17)21-18(24)20-14-5-3-13(19)4-6-14/h3-10,16,23H,11-12H2,1-2H3,(H2,20,21,24). The zero-order chi connectivity index (χ0) is 18.2. The van der Waals surface area contributed by atoms with Crippen LogP contribution in [0.3, 0.4) is 0 Å². The maximum Gasteiger partial charge on any atom is 0.323 e. The SMILES string of the molecule is CN(C)CC(O)COc1ccc(NC(=O)Nc2ccc(F)cc2)cc1. The van der Waals surface area contributed by atoms with Crippen molar-refractivity contribution in [3.05, 3.63) is 54.3 Å². The summed E-state index contributed by atoms with van der Waals surface area (Å²) in [4.78, 5) is 13.8. The average Bonchev–Trinajstić information content (AvgIpc) is 2.56. The van der Waals surface area contributed by atoms with Gasteiger partial charge in [-0.2, -0.15) is 0 Å². The van der Waals surface area contributed by atoms with Crippen LogP contribution in [0.5, 0.6) is 5.75 Å². The largest absolute Gasteiger partial charge is 0.491 e. The molecule has 7 heteroatoms. The van der Waals surface area contributed by atoms with Gasteiger partial charge in [0.25, 0.3) is 0 Å². The van der Waals surface area contributed by atoms with Gasteiger partial charge in [-0.1, -0.05) is 0 Å². The third-order valence-corrected chi connectivity index (χ3v) is 3.23. The fourth-order valence-electron chi connectivity index (χ4n) is 2.13. The fraction of sp³-hybridized carbons (Fsp3) is 0.278. The second-order valence-electron chi connectivity index (χ2n) is 5.84. The molecule has 25 heavy (non-hydrogen) atoms. The van der Waals surface area contributed by atoms with E-state index >= 15 is 0 Å². The number of rotatable bonds is 7. The summed E-state index contributed by atoms with van der Waals surface area (Å²) in [6.45, 7) is 0.708. The highest BCUT2D eigenvalue weighted by molar-refractivity contribution is 5.99. The van der Waals surface area contributed by atoms with E-state index in [9.17, 15) is 14.3 Å². The van der Waals surface area contributed by atoms with Crippen LogP contribution in [0.25, 0.3) is 0 Å². The van der Waals surface area contributed by atoms with Gasteiger partial charge in [0.05, 0.1) is 0 Å². The molecule has 0 saturated heterocycles. The molecule has 0 spiro atoms. The van der Waals surface area contributed by atoms with E-state index in [0.717, 1.165) is 0 Å². The predicted octanol–water partition coefficient (Wildman–Crippen LogP) is 2.77. The van der Waals surface area contributed by atoms with E-state index in [-0.39, 0.29) is 12.4 Å². The molecule has 0 aliphatic heterocycles. The molecule has 2 aromatic carbocycles. The van der Waals surface area contributed by atoms with Gasteiger partial charge in [0.2, 0.25) is 0 Å². The van der Waals surface area contributed by atoms with Gasteiger partial charge in [0.1, 0.15) is 24.3 Å². The molecular weight excluding hydrogens is 325 g/mol. The van der Waals surface area contributed by atoms with Crippen molar-refractivity contribution < 1.29 is 19.0 Å². The van der Waals surface area contributed by atoms with Crippen molar-refractivity contribution in [3.63, 3.8) is 0 Å². The minimum Gasteiger partial charge on any atom is -0.491 e. The van der Waals surface area contributed by atoms with E-state index < -0.39 is 12.1 Å². The molecule has 1 atom stereocenters. The number of amides is 2. The lowest BCUT2D eigenvalue weighted by atomic mass is 10.3. The number of aliphatic hydroxyl groups is 1. The Balaban J connectivity index is 1.81. The van der Waals surface area contributed by atoms with Crippen molar-refractivity contribution >= 4 is 17.4 Å². The Bertz CT molecular complexity index is 675. The van der Waals surface area contributed by atoms with Crippen LogP contribution in [0.15, 0.2) is 48.5 Å². The van der Waals surface area contributed by atoms with E-state index in [1.165, 1.54) is 24.3 Å². The zero-order valence-corrected chi connectivity index (χ0v) is 14.2. The number of carbonyl (C=O) groups excluding carboxylic acids is 1. The normalized spacial score (nSPS) is 11.9. The number of nitrogens with one attached hydrogen (secondary N) is 2. The van der Waals surface area contributed by atoms with Crippen LogP contribution in [-0.4, -0.2) is 49.4 Å². The Morgan fingerprint density at radius 3 is 2.12 bits per heavy atom. The summed E-state index contributed by atoms with van der Waals surface area (Å²) in [5.74, 6) is 0.236. The number of hydrogen-bond acceptors (Lipinski definition) is 4. The molecule has 0 saturated carbocycles. The molecule has 0 aromatic heterocycles. The van der Waals surface area contributed by atoms with Gasteiger partial charge in [0.15, 0.2) is 0 Å². The molecule has 0 fully saturated rings. The van der Waals surface area contributed by atoms with Gasteiger partial charge in [-0.3, -0.25) is 0 Å². The first-order chi connectivity index (χ1) is 11.9. The van der Waals surface area contributed by atoms with E-state index in [0.29, 0.717) is 23.7 Å². The van der Waals surface area contributed by atoms with Crippen LogP contribution in [0.2, 0.25) is 0 Å². The molecule has 6 nitrogen and oxygen atoms in total. The van der Waals surface area contributed by atoms with Gasteiger partial charge < -0.3 is 25.4 Å². The van der Waals surface area contributed by atoms with Crippen molar-refractivity contribution in [2.24, 2.45) is 0 Å². The lowest BCUT2D eigenvalue weighted by Crippen LogP contribution is -2.30. The van der Waals surface area contributed by atoms with Gasteiger partial charge in [-0.05, 0) is 62.6 Å². The Hall–Kier alpha value is -2.64. The number of carbonyl (C=O) groups is 1. The highest BCUT2D eigenvalue weighted by atomic mass is 19.1. The maximum atomic E-state index is 12.8. The number of urea groups is 1. The molecule has 1 unspecified atom stereocenters. The average molecular weight is 347 g/mol. The third kappa shape index (κ3) is 6.78. The van der Waals surface area contributed by atoms with Crippen LogP contribution in [0.4, 0.5) is 20.6 Å². The topological polar surface area (TPSA) is 73.8 Å². The van der Waals surface area contributed by atoms with Crippen molar-refractivity contribution in [2.45, 2.75) is 6.10 Å². The number of hydrogen-bond donors (Lipinski definition) is 3. The smallest absolute Gasteiger partial charge is 0.323 e. The third-order valence-electron chi connectivity index (χ3n) is 3.23. The number of aliphatic hydroxyl groups excluding tert-OH is 1. The van der Waals surface area contributed by atoms with Gasteiger partial charge in [-0.25, -0.2) is 9.18 Å². The van der Waals surface area contributed by atoms with Gasteiger partial charge >= 0.3 is 6.03 Å². The van der Waals surface area contributed by atoms with Crippen LogP contribution in [0.1, 0.15) is 0 Å². The number of ether oxygens (including phenoxy) is 1. The molecule has 134 valence electrons. The number of halogens is 1. The predicted molar refractivity (Wildman–Crippen MR) is 95.5 cm³/mol. The van der Waals surface area contributed by atoms with Crippen LogP contribution >= 0.6 is 0 Å². The molecule has 2 aromatic rings. The van der Waals surface area contributed by atoms with Crippen molar-refractivity contribution in [3.8, 4) is 5.75 Å². The highest BCUT2D eigenvalue weighted by Crippen LogP contribution is 2.16. The molecule has 2 amide bonds. The zero-order valence-electron chi connectivity index (χ0n) is 14.2. The molecule has 0 radical (unpaired) electrons. The number of anilines is 2. The fourth-order valence-corrected chi connectivity index (χ4v) is 2.13. The van der Waals surface area contributed by atoms with Crippen LogP contribution < -0.4 is 15.4 Å². The first-order valence-corrected chi connectivity index (χ1v) is 7.81. The molecule has 3 N–H and O–H groups in total. The second-order valence-corrected chi connectivity index (χ2v) is 5.84. The lowest BCUT2D eigenvalue weighted by Gasteiger charge is -2.16. The summed E-state index contributed by atoms with van der Waals surface area (Å²) in [7, 11) is 3.75. The summed E-state index contributed by atoms with van der Waals surface area (Å²) in [5.41, 5.74) is 1.08. The lowest BCUT2D eigenvalue weighted by molar-refractivity contribution is 0.0831. The summed E-state index contributed by atoms with van der Waals surface area (Å²) in [6, 6.07) is 11.9. The van der Waals surface area contributed by atoms with Gasteiger partial charge in [-0.15, -0.1) is 0 Å². The van der Waals surface area contributed by atoms with Crippen LogP contribution in [0, 0.1) is 5.82 Å². The Morgan fingerprint density at radius 2 is 1.60 bits per heavy atom. The molecule has 0 bridgehead atoms. The number of likely N-dealkylation sites (N-methyl/N-ethyl adjacent to an activating group) is 1. The Labute approximate surface area is 146 Å². The molecule has 0 aliphatic rings. The maximum absolute atomic E-state index is 12.8.